The van der Waals surface area contributed by atoms with Crippen LogP contribution >= 0.6 is 0 Å². The highest BCUT2D eigenvalue weighted by atomic mass is 19.1. The molecule has 0 saturated heterocycles. The van der Waals surface area contributed by atoms with E-state index in [1.807, 2.05) is 0 Å². The summed E-state index contributed by atoms with van der Waals surface area (Å²) in [7, 11) is 0. The number of nitrogens with zero attached hydrogens (tertiary/aromatic N) is 3. The second-order valence-electron chi connectivity index (χ2n) is 4.50. The summed E-state index contributed by atoms with van der Waals surface area (Å²) in [6, 6.07) is 6.05. The molecule has 1 N–H and O–H groups in total. The largest absolute Gasteiger partial charge is 0.476 e. The quantitative estimate of drug-likeness (QED) is 0.824. The smallest absolute Gasteiger partial charge is 0.358 e. The van der Waals surface area contributed by atoms with Gasteiger partial charge in [-0.1, -0.05) is 37.1 Å². The molecule has 1 aromatic heterocycles. The van der Waals surface area contributed by atoms with Gasteiger partial charge >= 0.3 is 5.97 Å². The van der Waals surface area contributed by atoms with E-state index in [0.717, 1.165) is 19.3 Å². The van der Waals surface area contributed by atoms with Crippen LogP contribution in [0.3, 0.4) is 0 Å². The molecule has 0 unspecified atom stereocenters. The number of rotatable bonds is 6. The van der Waals surface area contributed by atoms with Gasteiger partial charge in [-0.3, -0.25) is 0 Å². The van der Waals surface area contributed by atoms with Gasteiger partial charge in [0, 0.05) is 12.1 Å². The molecule has 2 rings (SSSR count). The van der Waals surface area contributed by atoms with Crippen LogP contribution in [0.4, 0.5) is 4.39 Å². The standard InChI is InChI=1S/C14H16FN3O2/c1-2-3-6-9-18-13(12(14(19)20)16-17-18)10-7-4-5-8-11(10)15/h4-5,7-8H,2-3,6,9H2,1H3,(H,19,20). The van der Waals surface area contributed by atoms with Crippen molar-refractivity contribution in [1.82, 2.24) is 15.0 Å². The molecule has 0 amide bonds. The van der Waals surface area contributed by atoms with E-state index < -0.39 is 11.8 Å². The zero-order valence-electron chi connectivity index (χ0n) is 11.2. The zero-order valence-corrected chi connectivity index (χ0v) is 11.2. The Balaban J connectivity index is 2.45. The first kappa shape index (κ1) is 14.2. The number of hydrogen-bond donors (Lipinski definition) is 1. The number of carbonyl (C=O) groups is 1. The summed E-state index contributed by atoms with van der Waals surface area (Å²) in [6.45, 7) is 2.60. The topological polar surface area (TPSA) is 68.0 Å². The van der Waals surface area contributed by atoms with Crippen molar-refractivity contribution in [2.24, 2.45) is 0 Å². The van der Waals surface area contributed by atoms with Gasteiger partial charge in [0.25, 0.3) is 0 Å². The molecule has 6 heteroatoms. The SMILES string of the molecule is CCCCCn1nnc(C(=O)O)c1-c1ccccc1F. The van der Waals surface area contributed by atoms with Gasteiger partial charge in [-0.15, -0.1) is 5.10 Å². The highest BCUT2D eigenvalue weighted by molar-refractivity contribution is 5.92. The number of unbranched alkanes of at least 4 members (excludes halogenated alkanes) is 2. The lowest BCUT2D eigenvalue weighted by molar-refractivity contribution is 0.0691. The van der Waals surface area contributed by atoms with Crippen molar-refractivity contribution in [2.75, 3.05) is 0 Å². The fraction of sp³-hybridized carbons (Fsp3) is 0.357. The van der Waals surface area contributed by atoms with E-state index in [4.69, 9.17) is 5.11 Å². The summed E-state index contributed by atoms with van der Waals surface area (Å²) in [6.07, 6.45) is 2.88. The van der Waals surface area contributed by atoms with E-state index in [9.17, 15) is 9.18 Å². The van der Waals surface area contributed by atoms with Crippen LogP contribution in [0.15, 0.2) is 24.3 Å². The Morgan fingerprint density at radius 1 is 1.35 bits per heavy atom. The normalized spacial score (nSPS) is 10.7. The Hall–Kier alpha value is -2.24. The van der Waals surface area contributed by atoms with E-state index in [0.29, 0.717) is 6.54 Å². The second kappa shape index (κ2) is 6.27. The molecule has 1 heterocycles. The van der Waals surface area contributed by atoms with Gasteiger partial charge in [0.15, 0.2) is 5.69 Å². The molecular formula is C14H16FN3O2. The van der Waals surface area contributed by atoms with Gasteiger partial charge in [0.2, 0.25) is 0 Å². The van der Waals surface area contributed by atoms with Gasteiger partial charge < -0.3 is 5.11 Å². The van der Waals surface area contributed by atoms with E-state index in [2.05, 4.69) is 17.2 Å². The highest BCUT2D eigenvalue weighted by Crippen LogP contribution is 2.25. The summed E-state index contributed by atoms with van der Waals surface area (Å²) >= 11 is 0. The van der Waals surface area contributed by atoms with Gasteiger partial charge in [-0.05, 0) is 18.6 Å². The highest BCUT2D eigenvalue weighted by Gasteiger charge is 2.22. The van der Waals surface area contributed by atoms with Crippen LogP contribution in [0.2, 0.25) is 0 Å². The van der Waals surface area contributed by atoms with Crippen LogP contribution < -0.4 is 0 Å². The molecule has 5 nitrogen and oxygen atoms in total. The molecule has 0 aliphatic carbocycles. The molecule has 0 atom stereocenters. The fourth-order valence-corrected chi connectivity index (χ4v) is 2.05. The van der Waals surface area contributed by atoms with Crippen molar-refractivity contribution in [3.05, 3.63) is 35.8 Å². The number of halogens is 1. The third-order valence-electron chi connectivity index (χ3n) is 3.04. The van der Waals surface area contributed by atoms with Crippen LogP contribution in [0.1, 0.15) is 36.7 Å². The van der Waals surface area contributed by atoms with Crippen LogP contribution in [-0.4, -0.2) is 26.1 Å². The van der Waals surface area contributed by atoms with E-state index in [-0.39, 0.29) is 17.0 Å². The summed E-state index contributed by atoms with van der Waals surface area (Å²) in [5.41, 5.74) is 0.227. The van der Waals surface area contributed by atoms with Gasteiger partial charge in [-0.25, -0.2) is 13.9 Å². The van der Waals surface area contributed by atoms with Crippen molar-refractivity contribution in [2.45, 2.75) is 32.7 Å². The third kappa shape index (κ3) is 2.84. The maximum absolute atomic E-state index is 13.9. The van der Waals surface area contributed by atoms with Crippen molar-refractivity contribution < 1.29 is 14.3 Å². The van der Waals surface area contributed by atoms with Crippen molar-refractivity contribution in [3.8, 4) is 11.3 Å². The first-order valence-electron chi connectivity index (χ1n) is 6.56. The Labute approximate surface area is 116 Å². The zero-order chi connectivity index (χ0) is 14.5. The Morgan fingerprint density at radius 3 is 2.75 bits per heavy atom. The predicted molar refractivity (Wildman–Crippen MR) is 71.9 cm³/mol. The Morgan fingerprint density at radius 2 is 2.10 bits per heavy atom. The van der Waals surface area contributed by atoms with E-state index in [1.165, 1.54) is 16.8 Å². The van der Waals surface area contributed by atoms with Crippen LogP contribution in [0.5, 0.6) is 0 Å². The van der Waals surface area contributed by atoms with Crippen LogP contribution in [0, 0.1) is 5.82 Å². The second-order valence-corrected chi connectivity index (χ2v) is 4.50. The fourth-order valence-electron chi connectivity index (χ4n) is 2.05. The molecule has 2 aromatic rings. The minimum Gasteiger partial charge on any atom is -0.476 e. The number of aromatic carboxylic acids is 1. The van der Waals surface area contributed by atoms with E-state index >= 15 is 0 Å². The van der Waals surface area contributed by atoms with Crippen LogP contribution in [-0.2, 0) is 6.54 Å². The average Bonchev–Trinajstić information content (AvgIpc) is 2.83. The Kier molecular flexibility index (Phi) is 4.45. The summed E-state index contributed by atoms with van der Waals surface area (Å²) in [5, 5.41) is 16.7. The number of benzene rings is 1. The minimum absolute atomic E-state index is 0.214. The number of aromatic nitrogens is 3. The lowest BCUT2D eigenvalue weighted by Gasteiger charge is -2.07. The molecule has 0 radical (unpaired) electrons. The Bertz CT molecular complexity index is 610. The number of hydrogen-bond acceptors (Lipinski definition) is 3. The lowest BCUT2D eigenvalue weighted by Crippen LogP contribution is -2.06. The molecule has 1 aromatic carbocycles. The van der Waals surface area contributed by atoms with Crippen molar-refractivity contribution in [3.63, 3.8) is 0 Å². The van der Waals surface area contributed by atoms with Gasteiger partial charge in [0.1, 0.15) is 11.5 Å². The van der Waals surface area contributed by atoms with Gasteiger partial charge in [-0.2, -0.15) is 0 Å². The van der Waals surface area contributed by atoms with Crippen LogP contribution in [0.25, 0.3) is 11.3 Å². The van der Waals surface area contributed by atoms with Crippen molar-refractivity contribution in [1.29, 1.82) is 0 Å². The first-order valence-corrected chi connectivity index (χ1v) is 6.56. The molecule has 0 fully saturated rings. The molecule has 0 saturated carbocycles. The first-order chi connectivity index (χ1) is 9.65. The molecule has 0 aliphatic heterocycles. The maximum Gasteiger partial charge on any atom is 0.358 e. The molecule has 0 spiro atoms. The average molecular weight is 277 g/mol. The maximum atomic E-state index is 13.9. The number of aryl methyl sites for hydroxylation is 1. The molecule has 20 heavy (non-hydrogen) atoms. The molecular weight excluding hydrogens is 261 g/mol. The molecule has 0 aliphatic rings. The number of carboxylic acids is 1. The molecule has 106 valence electrons. The monoisotopic (exact) mass is 277 g/mol. The summed E-state index contributed by atoms with van der Waals surface area (Å²) in [4.78, 5) is 11.2. The molecule has 0 bridgehead atoms. The number of carboxylic acid groups (broad SMARTS) is 1. The summed E-state index contributed by atoms with van der Waals surface area (Å²) in [5.74, 6) is -1.68. The summed E-state index contributed by atoms with van der Waals surface area (Å²) < 4.78 is 15.4. The van der Waals surface area contributed by atoms with Crippen molar-refractivity contribution >= 4 is 5.97 Å². The third-order valence-corrected chi connectivity index (χ3v) is 3.04. The lowest BCUT2D eigenvalue weighted by atomic mass is 10.1. The minimum atomic E-state index is -1.20. The predicted octanol–water partition coefficient (Wildman–Crippen LogP) is 2.97. The van der Waals surface area contributed by atoms with E-state index in [1.54, 1.807) is 12.1 Å². The van der Waals surface area contributed by atoms with Gasteiger partial charge in [0.05, 0.1) is 0 Å².